The first-order chi connectivity index (χ1) is 20.2. The lowest BCUT2D eigenvalue weighted by molar-refractivity contribution is -0.135. The molecule has 42 heavy (non-hydrogen) atoms. The van der Waals surface area contributed by atoms with Crippen LogP contribution in [0.15, 0.2) is 83.8 Å². The molecule has 1 heterocycles. The third kappa shape index (κ3) is 7.65. The van der Waals surface area contributed by atoms with Crippen molar-refractivity contribution in [3.8, 4) is 5.75 Å². The summed E-state index contributed by atoms with van der Waals surface area (Å²) in [6.45, 7) is 2.60. The number of piperidine rings is 1. The highest BCUT2D eigenvalue weighted by atomic mass is 32.2. The molecule has 0 spiro atoms. The molecule has 1 aliphatic heterocycles. The van der Waals surface area contributed by atoms with Crippen LogP contribution in [0, 0.1) is 5.82 Å². The van der Waals surface area contributed by atoms with Crippen LogP contribution in [0.25, 0.3) is 0 Å². The fourth-order valence-corrected chi connectivity index (χ4v) is 6.60. The van der Waals surface area contributed by atoms with Crippen LogP contribution in [0.4, 0.5) is 14.9 Å². The second-order valence-corrected chi connectivity index (χ2v) is 12.1. The number of halogens is 1. The number of nitrogens with one attached hydrogen (secondary N) is 1. The van der Waals surface area contributed by atoms with Gasteiger partial charge in [0.05, 0.1) is 24.2 Å². The molecule has 3 aromatic carbocycles. The first-order valence-corrected chi connectivity index (χ1v) is 15.4. The summed E-state index contributed by atoms with van der Waals surface area (Å²) in [7, 11) is -2.37. The van der Waals surface area contributed by atoms with E-state index in [1.807, 2.05) is 13.0 Å². The molecule has 0 aromatic heterocycles. The third-order valence-corrected chi connectivity index (χ3v) is 9.13. The summed E-state index contributed by atoms with van der Waals surface area (Å²) >= 11 is 0. The summed E-state index contributed by atoms with van der Waals surface area (Å²) in [4.78, 5) is 30.3. The van der Waals surface area contributed by atoms with Crippen molar-refractivity contribution in [1.29, 1.82) is 0 Å². The number of carbonyl (C=O) groups excluding carboxylic acids is 2. The second-order valence-electron chi connectivity index (χ2n) is 10.2. The zero-order chi connectivity index (χ0) is 30.1. The van der Waals surface area contributed by atoms with Crippen molar-refractivity contribution in [3.63, 3.8) is 0 Å². The Labute approximate surface area is 246 Å². The van der Waals surface area contributed by atoms with Crippen molar-refractivity contribution in [2.24, 2.45) is 0 Å². The Bertz CT molecular complexity index is 1460. The van der Waals surface area contributed by atoms with Crippen molar-refractivity contribution < 1.29 is 27.1 Å². The number of rotatable bonds is 11. The molecular weight excluding hydrogens is 559 g/mol. The number of urea groups is 1. The number of benzene rings is 3. The summed E-state index contributed by atoms with van der Waals surface area (Å²) in [6, 6.07) is 20.7. The van der Waals surface area contributed by atoms with E-state index >= 15 is 0 Å². The molecule has 0 aliphatic carbocycles. The van der Waals surface area contributed by atoms with Gasteiger partial charge in [-0.15, -0.1) is 0 Å². The number of sulfonamides is 1. The number of likely N-dealkylation sites (tertiary alicyclic amines) is 1. The number of carbonyl (C=O) groups is 2. The summed E-state index contributed by atoms with van der Waals surface area (Å²) in [6.07, 6.45) is 1.50. The number of hydrogen-bond donors (Lipinski definition) is 1. The van der Waals surface area contributed by atoms with E-state index in [0.29, 0.717) is 49.4 Å². The van der Waals surface area contributed by atoms with Crippen LogP contribution in [0.2, 0.25) is 0 Å². The van der Waals surface area contributed by atoms with Gasteiger partial charge in [-0.05, 0) is 61.2 Å². The average Bonchev–Trinajstić information content (AvgIpc) is 3.00. The fraction of sp³-hybridized carbons (Fsp3) is 0.355. The number of nitrogens with zero attached hydrogens (tertiary/aromatic N) is 3. The van der Waals surface area contributed by atoms with Crippen molar-refractivity contribution >= 4 is 27.6 Å². The standard InChI is InChI=1S/C31H37FN4O5S/c1-3-18-35(42(39,40)27-12-5-4-6-13-27)23-30(37)36(22-24-10-9-11-25(32)21-24)26-16-19-34(20-17-26)31(38)33-28-14-7-8-15-29(28)41-2/h4-15,21,26H,3,16-20,22-23H2,1-2H3,(H,33,38). The van der Waals surface area contributed by atoms with Crippen LogP contribution in [-0.2, 0) is 21.4 Å². The Hall–Kier alpha value is -3.96. The molecule has 0 bridgehead atoms. The fourth-order valence-electron chi connectivity index (χ4n) is 5.09. The highest BCUT2D eigenvalue weighted by Gasteiger charge is 2.33. The Morgan fingerprint density at radius 2 is 1.69 bits per heavy atom. The topological polar surface area (TPSA) is 99.3 Å². The monoisotopic (exact) mass is 596 g/mol. The van der Waals surface area contributed by atoms with Crippen LogP contribution in [0.3, 0.4) is 0 Å². The maximum atomic E-state index is 14.0. The first kappa shape index (κ1) is 31.0. The quantitative estimate of drug-likeness (QED) is 0.337. The summed E-state index contributed by atoms with van der Waals surface area (Å²) in [5, 5.41) is 2.88. The van der Waals surface area contributed by atoms with E-state index in [0.717, 1.165) is 0 Å². The van der Waals surface area contributed by atoms with E-state index in [1.54, 1.807) is 58.3 Å². The highest BCUT2D eigenvalue weighted by molar-refractivity contribution is 7.89. The van der Waals surface area contributed by atoms with Gasteiger partial charge >= 0.3 is 6.03 Å². The van der Waals surface area contributed by atoms with Crippen molar-refractivity contribution in [3.05, 3.63) is 90.2 Å². The predicted octanol–water partition coefficient (Wildman–Crippen LogP) is 4.96. The molecule has 0 unspecified atom stereocenters. The minimum absolute atomic E-state index is 0.122. The van der Waals surface area contributed by atoms with Crippen LogP contribution in [0.1, 0.15) is 31.7 Å². The summed E-state index contributed by atoms with van der Waals surface area (Å²) < 4.78 is 47.4. The normalized spacial score (nSPS) is 14.0. The maximum absolute atomic E-state index is 14.0. The van der Waals surface area contributed by atoms with Crippen LogP contribution in [-0.4, -0.2) is 73.8 Å². The molecule has 11 heteroatoms. The molecule has 0 saturated carbocycles. The van der Waals surface area contributed by atoms with Crippen molar-refractivity contribution in [2.45, 2.75) is 43.7 Å². The van der Waals surface area contributed by atoms with Gasteiger partial charge < -0.3 is 19.9 Å². The van der Waals surface area contributed by atoms with E-state index in [-0.39, 0.29) is 42.5 Å². The second kappa shape index (κ2) is 14.3. The molecule has 0 radical (unpaired) electrons. The Morgan fingerprint density at radius 1 is 1.00 bits per heavy atom. The number of hydrogen-bond acceptors (Lipinski definition) is 5. The minimum Gasteiger partial charge on any atom is -0.495 e. The van der Waals surface area contributed by atoms with Crippen LogP contribution >= 0.6 is 0 Å². The maximum Gasteiger partial charge on any atom is 0.321 e. The van der Waals surface area contributed by atoms with E-state index in [4.69, 9.17) is 4.74 Å². The molecule has 0 atom stereocenters. The highest BCUT2D eigenvalue weighted by Crippen LogP contribution is 2.26. The minimum atomic E-state index is -3.90. The number of amides is 3. The molecule has 1 fully saturated rings. The summed E-state index contributed by atoms with van der Waals surface area (Å²) in [5.41, 5.74) is 1.17. The zero-order valence-corrected chi connectivity index (χ0v) is 24.7. The molecule has 3 amide bonds. The number of methoxy groups -OCH3 is 1. The van der Waals surface area contributed by atoms with Gasteiger partial charge in [0.1, 0.15) is 11.6 Å². The largest absolute Gasteiger partial charge is 0.495 e. The van der Waals surface area contributed by atoms with Crippen LogP contribution < -0.4 is 10.1 Å². The predicted molar refractivity (Wildman–Crippen MR) is 159 cm³/mol. The molecule has 3 aromatic rings. The lowest BCUT2D eigenvalue weighted by Gasteiger charge is -2.39. The van der Waals surface area contributed by atoms with Gasteiger partial charge in [-0.3, -0.25) is 4.79 Å². The van der Waals surface area contributed by atoms with Crippen molar-refractivity contribution in [2.75, 3.05) is 38.6 Å². The van der Waals surface area contributed by atoms with Gasteiger partial charge in [-0.1, -0.05) is 49.4 Å². The first-order valence-electron chi connectivity index (χ1n) is 14.0. The lowest BCUT2D eigenvalue weighted by atomic mass is 10.0. The molecule has 1 N–H and O–H groups in total. The Balaban J connectivity index is 1.50. The van der Waals surface area contributed by atoms with Crippen molar-refractivity contribution in [1.82, 2.24) is 14.1 Å². The summed E-state index contributed by atoms with van der Waals surface area (Å²) in [5.74, 6) is -0.235. The Kier molecular flexibility index (Phi) is 10.5. The molecule has 4 rings (SSSR count). The van der Waals surface area contributed by atoms with Gasteiger partial charge in [-0.2, -0.15) is 4.31 Å². The van der Waals surface area contributed by atoms with E-state index in [1.165, 1.54) is 35.7 Å². The van der Waals surface area contributed by atoms with Gasteiger partial charge in [0, 0.05) is 32.2 Å². The average molecular weight is 597 g/mol. The molecular formula is C31H37FN4O5S. The number of ether oxygens (including phenoxy) is 1. The Morgan fingerprint density at radius 3 is 2.36 bits per heavy atom. The van der Waals surface area contributed by atoms with Crippen LogP contribution in [0.5, 0.6) is 5.75 Å². The molecule has 224 valence electrons. The van der Waals surface area contributed by atoms with E-state index in [9.17, 15) is 22.4 Å². The van der Waals surface area contributed by atoms with E-state index < -0.39 is 15.8 Å². The van der Waals surface area contributed by atoms with Gasteiger partial charge in [0.2, 0.25) is 15.9 Å². The van der Waals surface area contributed by atoms with Gasteiger partial charge in [0.25, 0.3) is 0 Å². The third-order valence-electron chi connectivity index (χ3n) is 7.27. The SMILES string of the molecule is CCCN(CC(=O)N(Cc1cccc(F)c1)C1CCN(C(=O)Nc2ccccc2OC)CC1)S(=O)(=O)c1ccccc1. The lowest BCUT2D eigenvalue weighted by Crippen LogP contribution is -2.52. The number of anilines is 1. The van der Waals surface area contributed by atoms with Gasteiger partial charge in [0.15, 0.2) is 0 Å². The van der Waals surface area contributed by atoms with E-state index in [2.05, 4.69) is 5.32 Å². The molecule has 9 nitrogen and oxygen atoms in total. The van der Waals surface area contributed by atoms with Gasteiger partial charge in [-0.25, -0.2) is 17.6 Å². The zero-order valence-electron chi connectivity index (χ0n) is 23.9. The smallest absolute Gasteiger partial charge is 0.321 e. The molecule has 1 aliphatic rings. The number of para-hydroxylation sites is 2. The molecule has 1 saturated heterocycles.